The van der Waals surface area contributed by atoms with Crippen molar-refractivity contribution in [2.75, 3.05) is 31.9 Å². The Morgan fingerprint density at radius 2 is 1.56 bits per heavy atom. The van der Waals surface area contributed by atoms with E-state index in [1.807, 2.05) is 16.7 Å². The van der Waals surface area contributed by atoms with Crippen LogP contribution in [0.5, 0.6) is 0 Å². The number of piperidine rings is 2. The minimum absolute atomic E-state index is 0.117. The van der Waals surface area contributed by atoms with E-state index in [9.17, 15) is 9.59 Å². The van der Waals surface area contributed by atoms with Gasteiger partial charge in [-0.25, -0.2) is 0 Å². The molecule has 2 saturated heterocycles. The van der Waals surface area contributed by atoms with Gasteiger partial charge < -0.3 is 9.80 Å². The standard InChI is InChI=1S/C20H28N2O2S/c1-16(23)21-13-9-18(10-14-21)20(24)22-11-7-17(8-12-22)15-25-19-5-3-2-4-6-19/h2-6,17-18H,7-15H2,1H3. The summed E-state index contributed by atoms with van der Waals surface area (Å²) in [7, 11) is 0. The van der Waals surface area contributed by atoms with Crippen LogP contribution in [0.3, 0.4) is 0 Å². The Hall–Kier alpha value is -1.49. The number of benzene rings is 1. The minimum Gasteiger partial charge on any atom is -0.343 e. The number of likely N-dealkylation sites (tertiary alicyclic amines) is 2. The lowest BCUT2D eigenvalue weighted by molar-refractivity contribution is -0.141. The molecule has 0 bridgehead atoms. The van der Waals surface area contributed by atoms with Crippen LogP contribution in [-0.2, 0) is 9.59 Å². The Labute approximate surface area is 154 Å². The van der Waals surface area contributed by atoms with Gasteiger partial charge in [-0.3, -0.25) is 9.59 Å². The Morgan fingerprint density at radius 3 is 2.16 bits per heavy atom. The van der Waals surface area contributed by atoms with Gasteiger partial charge in [-0.05, 0) is 43.7 Å². The predicted molar refractivity (Wildman–Crippen MR) is 101 cm³/mol. The summed E-state index contributed by atoms with van der Waals surface area (Å²) in [6, 6.07) is 10.5. The average molecular weight is 361 g/mol. The second-order valence-electron chi connectivity index (χ2n) is 7.17. The third-order valence-corrected chi connectivity index (χ3v) is 6.69. The van der Waals surface area contributed by atoms with Crippen molar-refractivity contribution in [3.05, 3.63) is 30.3 Å². The average Bonchev–Trinajstić information content (AvgIpc) is 2.67. The van der Waals surface area contributed by atoms with Gasteiger partial charge in [0.05, 0.1) is 0 Å². The lowest BCUT2D eigenvalue weighted by atomic mass is 9.92. The van der Waals surface area contributed by atoms with Gasteiger partial charge in [0.2, 0.25) is 11.8 Å². The van der Waals surface area contributed by atoms with Crippen LogP contribution in [0.2, 0.25) is 0 Å². The molecule has 25 heavy (non-hydrogen) atoms. The summed E-state index contributed by atoms with van der Waals surface area (Å²) in [5.74, 6) is 2.41. The van der Waals surface area contributed by atoms with E-state index in [2.05, 4.69) is 35.2 Å². The molecule has 0 saturated carbocycles. The summed E-state index contributed by atoms with van der Waals surface area (Å²) < 4.78 is 0. The van der Waals surface area contributed by atoms with Gasteiger partial charge in [-0.2, -0.15) is 0 Å². The van der Waals surface area contributed by atoms with Crippen LogP contribution in [0.15, 0.2) is 35.2 Å². The number of hydrogen-bond acceptors (Lipinski definition) is 3. The minimum atomic E-state index is 0.117. The highest BCUT2D eigenvalue weighted by atomic mass is 32.2. The maximum Gasteiger partial charge on any atom is 0.225 e. The summed E-state index contributed by atoms with van der Waals surface area (Å²) in [6.07, 6.45) is 3.86. The van der Waals surface area contributed by atoms with Crippen LogP contribution in [0, 0.1) is 11.8 Å². The van der Waals surface area contributed by atoms with E-state index in [1.54, 1.807) is 6.92 Å². The zero-order valence-corrected chi connectivity index (χ0v) is 15.8. The molecule has 0 aromatic heterocycles. The van der Waals surface area contributed by atoms with Gasteiger partial charge in [0.1, 0.15) is 0 Å². The molecule has 2 fully saturated rings. The fourth-order valence-corrected chi connectivity index (χ4v) is 4.86. The SMILES string of the molecule is CC(=O)N1CCC(C(=O)N2CCC(CSc3ccccc3)CC2)CC1. The molecule has 136 valence electrons. The Morgan fingerprint density at radius 1 is 0.960 bits per heavy atom. The molecule has 3 rings (SSSR count). The molecule has 2 heterocycles. The molecule has 0 N–H and O–H groups in total. The van der Waals surface area contributed by atoms with E-state index in [-0.39, 0.29) is 11.8 Å². The van der Waals surface area contributed by atoms with Crippen molar-refractivity contribution in [2.45, 2.75) is 37.5 Å². The first-order valence-corrected chi connectivity index (χ1v) is 10.3. The molecule has 2 amide bonds. The van der Waals surface area contributed by atoms with Crippen LogP contribution in [0.4, 0.5) is 0 Å². The number of rotatable bonds is 4. The van der Waals surface area contributed by atoms with Crippen LogP contribution in [0.1, 0.15) is 32.6 Å². The van der Waals surface area contributed by atoms with Crippen molar-refractivity contribution in [2.24, 2.45) is 11.8 Å². The summed E-state index contributed by atoms with van der Waals surface area (Å²) >= 11 is 1.93. The van der Waals surface area contributed by atoms with Gasteiger partial charge in [0, 0.05) is 49.7 Å². The molecule has 0 radical (unpaired) electrons. The van der Waals surface area contributed by atoms with E-state index in [0.29, 0.717) is 11.8 Å². The molecule has 0 spiro atoms. The third kappa shape index (κ3) is 5.00. The zero-order valence-electron chi connectivity index (χ0n) is 15.0. The van der Waals surface area contributed by atoms with Gasteiger partial charge >= 0.3 is 0 Å². The summed E-state index contributed by atoms with van der Waals surface area (Å²) in [5.41, 5.74) is 0. The number of carbonyl (C=O) groups is 2. The topological polar surface area (TPSA) is 40.6 Å². The van der Waals surface area contributed by atoms with Crippen LogP contribution >= 0.6 is 11.8 Å². The first-order chi connectivity index (χ1) is 12.1. The second-order valence-corrected chi connectivity index (χ2v) is 8.27. The van der Waals surface area contributed by atoms with E-state index in [1.165, 1.54) is 4.90 Å². The largest absolute Gasteiger partial charge is 0.343 e. The number of hydrogen-bond donors (Lipinski definition) is 0. The van der Waals surface area contributed by atoms with Crippen molar-refractivity contribution in [1.82, 2.24) is 9.80 Å². The maximum absolute atomic E-state index is 12.7. The van der Waals surface area contributed by atoms with Crippen LogP contribution in [0.25, 0.3) is 0 Å². The van der Waals surface area contributed by atoms with Crippen molar-refractivity contribution in [1.29, 1.82) is 0 Å². The molecular weight excluding hydrogens is 332 g/mol. The molecule has 1 aromatic rings. The highest BCUT2D eigenvalue weighted by Gasteiger charge is 2.31. The number of carbonyl (C=O) groups excluding carboxylic acids is 2. The zero-order chi connectivity index (χ0) is 17.6. The fraction of sp³-hybridized carbons (Fsp3) is 0.600. The quantitative estimate of drug-likeness (QED) is 0.774. The molecule has 4 nitrogen and oxygen atoms in total. The highest BCUT2D eigenvalue weighted by molar-refractivity contribution is 7.99. The predicted octanol–water partition coefficient (Wildman–Crippen LogP) is 3.28. The normalized spacial score (nSPS) is 19.9. The number of amides is 2. The number of thioether (sulfide) groups is 1. The highest BCUT2D eigenvalue weighted by Crippen LogP contribution is 2.28. The van der Waals surface area contributed by atoms with Crippen molar-refractivity contribution >= 4 is 23.6 Å². The molecule has 0 aliphatic carbocycles. The first kappa shape index (κ1) is 18.3. The first-order valence-electron chi connectivity index (χ1n) is 9.35. The molecule has 5 heteroatoms. The van der Waals surface area contributed by atoms with E-state index < -0.39 is 0 Å². The lowest BCUT2D eigenvalue weighted by Crippen LogP contribution is -2.46. The summed E-state index contributed by atoms with van der Waals surface area (Å²) in [6.45, 7) is 4.86. The Balaban J connectivity index is 1.40. The molecule has 0 unspecified atom stereocenters. The molecule has 2 aliphatic rings. The number of nitrogens with zero attached hydrogens (tertiary/aromatic N) is 2. The molecule has 1 aromatic carbocycles. The monoisotopic (exact) mass is 360 g/mol. The van der Waals surface area contributed by atoms with Gasteiger partial charge in [0.15, 0.2) is 0 Å². The van der Waals surface area contributed by atoms with Gasteiger partial charge in [0.25, 0.3) is 0 Å². The van der Waals surface area contributed by atoms with Crippen LogP contribution < -0.4 is 0 Å². The molecular formula is C20H28N2O2S. The lowest BCUT2D eigenvalue weighted by Gasteiger charge is -2.37. The van der Waals surface area contributed by atoms with Crippen molar-refractivity contribution in [3.63, 3.8) is 0 Å². The third-order valence-electron chi connectivity index (χ3n) is 5.44. The summed E-state index contributed by atoms with van der Waals surface area (Å²) in [4.78, 5) is 29.4. The van der Waals surface area contributed by atoms with Gasteiger partial charge in [-0.1, -0.05) is 18.2 Å². The fourth-order valence-electron chi connectivity index (χ4n) is 3.75. The summed E-state index contributed by atoms with van der Waals surface area (Å²) in [5, 5.41) is 0. The van der Waals surface area contributed by atoms with E-state index >= 15 is 0 Å². The van der Waals surface area contributed by atoms with Crippen LogP contribution in [-0.4, -0.2) is 53.5 Å². The second kappa shape index (κ2) is 8.75. The Kier molecular flexibility index (Phi) is 6.40. The maximum atomic E-state index is 12.7. The molecule has 2 aliphatic heterocycles. The van der Waals surface area contributed by atoms with Crippen molar-refractivity contribution < 1.29 is 9.59 Å². The molecule has 0 atom stereocenters. The van der Waals surface area contributed by atoms with Crippen molar-refractivity contribution in [3.8, 4) is 0 Å². The van der Waals surface area contributed by atoms with Gasteiger partial charge in [-0.15, -0.1) is 11.8 Å². The van der Waals surface area contributed by atoms with E-state index in [0.717, 1.165) is 57.6 Å². The van der Waals surface area contributed by atoms with E-state index in [4.69, 9.17) is 0 Å². The smallest absolute Gasteiger partial charge is 0.225 e. The Bertz CT molecular complexity index is 577.